The highest BCUT2D eigenvalue weighted by molar-refractivity contribution is 6.08. The van der Waals surface area contributed by atoms with Crippen molar-refractivity contribution in [1.29, 1.82) is 0 Å². The van der Waals surface area contributed by atoms with Crippen LogP contribution in [0.3, 0.4) is 0 Å². The number of hydrogen-bond donors (Lipinski definition) is 4. The molecule has 12 nitrogen and oxygen atoms in total. The van der Waals surface area contributed by atoms with Crippen LogP contribution >= 0.6 is 0 Å². The second-order valence-electron chi connectivity index (χ2n) is 13.1. The number of nitrogens with zero attached hydrogens (tertiary/aromatic N) is 4. The number of hydrogen-bond acceptors (Lipinski definition) is 6. The Hall–Kier alpha value is -6.56. The van der Waals surface area contributed by atoms with Crippen molar-refractivity contribution in [2.24, 2.45) is 0 Å². The number of aromatic nitrogens is 4. The van der Waals surface area contributed by atoms with Gasteiger partial charge >= 0.3 is 0 Å². The fourth-order valence-electron chi connectivity index (χ4n) is 7.09. The second-order valence-corrected chi connectivity index (χ2v) is 13.1. The van der Waals surface area contributed by atoms with Gasteiger partial charge in [0.05, 0.1) is 11.0 Å². The monoisotopic (exact) mass is 692 g/mol. The molecular weight excluding hydrogens is 656 g/mol. The maximum atomic E-state index is 13.4. The van der Waals surface area contributed by atoms with Crippen molar-refractivity contribution in [2.75, 3.05) is 23.7 Å². The zero-order valence-corrected chi connectivity index (χ0v) is 28.2. The lowest BCUT2D eigenvalue weighted by molar-refractivity contribution is -0.120. The number of para-hydroxylation sites is 2. The first-order valence-corrected chi connectivity index (χ1v) is 17.4. The highest BCUT2D eigenvalue weighted by Gasteiger charge is 2.37. The van der Waals surface area contributed by atoms with E-state index in [0.29, 0.717) is 48.7 Å². The van der Waals surface area contributed by atoms with Gasteiger partial charge in [-0.15, -0.1) is 0 Å². The highest BCUT2D eigenvalue weighted by atomic mass is 16.2. The van der Waals surface area contributed by atoms with Gasteiger partial charge in [-0.1, -0.05) is 72.8 Å². The molecule has 4 aromatic carbocycles. The van der Waals surface area contributed by atoms with Gasteiger partial charge in [0, 0.05) is 35.2 Å². The van der Waals surface area contributed by atoms with Crippen molar-refractivity contribution in [2.45, 2.75) is 37.8 Å². The average molecular weight is 693 g/mol. The molecule has 4 amide bonds. The molecule has 4 N–H and O–H groups in total. The molecule has 8 rings (SSSR count). The number of carbonyl (C=O) groups excluding carboxylic acids is 4. The molecule has 2 saturated heterocycles. The van der Waals surface area contributed by atoms with Crippen LogP contribution in [0.25, 0.3) is 34.0 Å². The van der Waals surface area contributed by atoms with Gasteiger partial charge in [0.1, 0.15) is 12.1 Å². The first-order chi connectivity index (χ1) is 25.4. The fourth-order valence-corrected chi connectivity index (χ4v) is 7.09. The summed E-state index contributed by atoms with van der Waals surface area (Å²) in [6.45, 7) is 0.999. The minimum atomic E-state index is -0.572. The Bertz CT molecular complexity index is 2160. The third-order valence-electron chi connectivity index (χ3n) is 9.80. The van der Waals surface area contributed by atoms with Gasteiger partial charge < -0.3 is 20.4 Å². The molecule has 0 bridgehead atoms. The number of H-pyrrole nitrogens is 2. The molecule has 0 aliphatic carbocycles. The number of likely N-dealkylation sites (tertiary alicyclic amines) is 2. The van der Waals surface area contributed by atoms with Crippen molar-refractivity contribution < 1.29 is 19.2 Å². The van der Waals surface area contributed by atoms with Crippen LogP contribution in [0.1, 0.15) is 57.8 Å². The van der Waals surface area contributed by atoms with E-state index in [0.717, 1.165) is 45.8 Å². The van der Waals surface area contributed by atoms with Crippen LogP contribution in [-0.2, 0) is 9.59 Å². The number of anilines is 2. The van der Waals surface area contributed by atoms with Gasteiger partial charge in [0.25, 0.3) is 11.8 Å². The zero-order chi connectivity index (χ0) is 35.6. The van der Waals surface area contributed by atoms with E-state index in [1.807, 2.05) is 109 Å². The predicted molar refractivity (Wildman–Crippen MR) is 199 cm³/mol. The van der Waals surface area contributed by atoms with Crippen LogP contribution in [-0.4, -0.2) is 79.0 Å². The summed E-state index contributed by atoms with van der Waals surface area (Å²) in [5.41, 5.74) is 5.39. The lowest BCUT2D eigenvalue weighted by Crippen LogP contribution is -2.43. The fraction of sp³-hybridized carbons (Fsp3) is 0.200. The molecule has 0 unspecified atom stereocenters. The molecule has 2 aromatic heterocycles. The van der Waals surface area contributed by atoms with Crippen LogP contribution in [0.15, 0.2) is 97.1 Å². The maximum Gasteiger partial charge on any atom is 0.275 e. The molecule has 2 atom stereocenters. The van der Waals surface area contributed by atoms with Crippen molar-refractivity contribution in [1.82, 2.24) is 30.2 Å². The van der Waals surface area contributed by atoms with Gasteiger partial charge in [-0.3, -0.25) is 29.4 Å². The van der Waals surface area contributed by atoms with Crippen LogP contribution in [0, 0.1) is 0 Å². The highest BCUT2D eigenvalue weighted by Crippen LogP contribution is 2.26. The Morgan fingerprint density at radius 3 is 1.40 bits per heavy atom. The normalized spacial score (nSPS) is 17.3. The SMILES string of the molecule is O=C(Nc1ccc(/C=C/c2ccc(NC(=O)[C@@H]3CCCN3C(=O)c3n[nH]c4ccccc34)cc2)cc1)[C@@H]1CCCN1C(=O)c1n[nH]c2ccccc12. The van der Waals surface area contributed by atoms with Crippen LogP contribution in [0.4, 0.5) is 11.4 Å². The lowest BCUT2D eigenvalue weighted by Gasteiger charge is -2.23. The smallest absolute Gasteiger partial charge is 0.275 e. The van der Waals surface area contributed by atoms with E-state index in [-0.39, 0.29) is 23.6 Å². The molecular formula is C40H36N8O4. The number of amides is 4. The van der Waals surface area contributed by atoms with E-state index in [9.17, 15) is 19.2 Å². The molecule has 2 aliphatic heterocycles. The maximum absolute atomic E-state index is 13.4. The molecule has 6 aromatic rings. The first kappa shape index (κ1) is 32.6. The van der Waals surface area contributed by atoms with E-state index in [1.165, 1.54) is 0 Å². The minimum absolute atomic E-state index is 0.223. The van der Waals surface area contributed by atoms with Crippen molar-refractivity contribution in [3.05, 3.63) is 120 Å². The topological polar surface area (TPSA) is 156 Å². The molecule has 4 heterocycles. The minimum Gasteiger partial charge on any atom is -0.325 e. The Morgan fingerprint density at radius 1 is 0.577 bits per heavy atom. The molecule has 0 radical (unpaired) electrons. The molecule has 0 saturated carbocycles. The third kappa shape index (κ3) is 6.41. The van der Waals surface area contributed by atoms with E-state index in [2.05, 4.69) is 31.0 Å². The van der Waals surface area contributed by atoms with Gasteiger partial charge in [0.15, 0.2) is 11.4 Å². The second kappa shape index (κ2) is 14.0. The third-order valence-corrected chi connectivity index (χ3v) is 9.80. The molecule has 0 spiro atoms. The number of rotatable bonds is 8. The zero-order valence-electron chi connectivity index (χ0n) is 28.2. The Morgan fingerprint density at radius 2 is 0.981 bits per heavy atom. The Labute approximate surface area is 298 Å². The average Bonchev–Trinajstić information content (AvgIpc) is 4.00. The van der Waals surface area contributed by atoms with E-state index in [4.69, 9.17) is 0 Å². The largest absolute Gasteiger partial charge is 0.325 e. The van der Waals surface area contributed by atoms with Crippen molar-refractivity contribution in [3.63, 3.8) is 0 Å². The van der Waals surface area contributed by atoms with Crippen LogP contribution < -0.4 is 10.6 Å². The summed E-state index contributed by atoms with van der Waals surface area (Å²) >= 11 is 0. The molecule has 2 aliphatic rings. The van der Waals surface area contributed by atoms with Crippen LogP contribution in [0.5, 0.6) is 0 Å². The number of fused-ring (bicyclic) bond motifs is 2. The van der Waals surface area contributed by atoms with Gasteiger partial charge in [-0.25, -0.2) is 0 Å². The van der Waals surface area contributed by atoms with E-state index in [1.54, 1.807) is 9.80 Å². The quantitative estimate of drug-likeness (QED) is 0.141. The summed E-state index contributed by atoms with van der Waals surface area (Å²) in [5, 5.41) is 21.7. The number of nitrogens with one attached hydrogen (secondary N) is 4. The summed E-state index contributed by atoms with van der Waals surface area (Å²) in [6, 6.07) is 28.8. The predicted octanol–water partition coefficient (Wildman–Crippen LogP) is 6.10. The standard InChI is InChI=1S/C40H36N8O4/c49-37(33-11-5-23-47(33)39(51)35-29-7-1-3-9-31(29)43-45-35)41-27-19-15-25(16-20-27)13-14-26-17-21-28(22-18-26)42-38(50)34-12-6-24-48(34)40(52)36-30-8-2-4-10-32(30)44-46-36/h1-4,7-10,13-22,33-34H,5-6,11-12,23-24H2,(H,41,49)(H,42,50)(H,43,45)(H,44,46)/b14-13+/t33-,34-/m0/s1. The van der Waals surface area contributed by atoms with Gasteiger partial charge in [-0.2, -0.15) is 10.2 Å². The van der Waals surface area contributed by atoms with E-state index >= 15 is 0 Å². The number of benzene rings is 4. The lowest BCUT2D eigenvalue weighted by atomic mass is 10.1. The number of carbonyl (C=O) groups is 4. The Balaban J connectivity index is 0.852. The van der Waals surface area contributed by atoms with Gasteiger partial charge in [-0.05, 0) is 73.2 Å². The summed E-state index contributed by atoms with van der Waals surface area (Å²) in [4.78, 5) is 56.5. The molecule has 52 heavy (non-hydrogen) atoms. The number of aromatic amines is 2. The van der Waals surface area contributed by atoms with Crippen molar-refractivity contribution >= 4 is 69.0 Å². The summed E-state index contributed by atoms with van der Waals surface area (Å²) in [7, 11) is 0. The summed E-state index contributed by atoms with van der Waals surface area (Å²) in [6.07, 6.45) is 6.59. The summed E-state index contributed by atoms with van der Waals surface area (Å²) < 4.78 is 0. The summed E-state index contributed by atoms with van der Waals surface area (Å²) in [5.74, 6) is -0.949. The van der Waals surface area contributed by atoms with Gasteiger partial charge in [0.2, 0.25) is 11.8 Å². The van der Waals surface area contributed by atoms with E-state index < -0.39 is 12.1 Å². The molecule has 2 fully saturated rings. The molecule has 260 valence electrons. The van der Waals surface area contributed by atoms with Crippen molar-refractivity contribution in [3.8, 4) is 0 Å². The van der Waals surface area contributed by atoms with Crippen LogP contribution in [0.2, 0.25) is 0 Å². The Kier molecular flexibility index (Phi) is 8.78. The first-order valence-electron chi connectivity index (χ1n) is 17.4. The molecule has 12 heteroatoms.